The molecule has 14 heavy (non-hydrogen) atoms. The molecule has 2 heterocycles. The Morgan fingerprint density at radius 2 is 2.57 bits per heavy atom. The first-order valence-electron chi connectivity index (χ1n) is 5.04. The summed E-state index contributed by atoms with van der Waals surface area (Å²) in [6.07, 6.45) is 4.45. The summed E-state index contributed by atoms with van der Waals surface area (Å²) in [5.74, 6) is 1.62. The lowest BCUT2D eigenvalue weighted by Gasteiger charge is -2.13. The lowest BCUT2D eigenvalue weighted by atomic mass is 10.1. The first-order chi connectivity index (χ1) is 6.88. The van der Waals surface area contributed by atoms with Crippen LogP contribution in [0.4, 0.5) is 0 Å². The minimum absolute atomic E-state index is 0.805. The van der Waals surface area contributed by atoms with Gasteiger partial charge in [0, 0.05) is 30.0 Å². The van der Waals surface area contributed by atoms with Crippen molar-refractivity contribution in [1.29, 1.82) is 0 Å². The number of hydrogen-bond acceptors (Lipinski definition) is 3. The topological polar surface area (TPSA) is 16.1 Å². The smallest absolute Gasteiger partial charge is 0.0794 e. The van der Waals surface area contributed by atoms with Crippen molar-refractivity contribution in [2.24, 2.45) is 5.92 Å². The molecule has 1 fully saturated rings. The number of hydrogen-bond donors (Lipinski definition) is 0. The number of thiazole rings is 1. The molecule has 1 aromatic rings. The van der Waals surface area contributed by atoms with E-state index in [1.807, 2.05) is 11.7 Å². The number of alkyl halides is 1. The SMILES string of the molecule is ClCCC1CCN(Cc2cncs2)C1. The van der Waals surface area contributed by atoms with Crippen LogP contribution in [-0.2, 0) is 6.54 Å². The summed E-state index contributed by atoms with van der Waals surface area (Å²) >= 11 is 7.49. The summed E-state index contributed by atoms with van der Waals surface area (Å²) in [6, 6.07) is 0. The monoisotopic (exact) mass is 230 g/mol. The molecule has 1 aromatic heterocycles. The van der Waals surface area contributed by atoms with Crippen LogP contribution < -0.4 is 0 Å². The molecule has 2 nitrogen and oxygen atoms in total. The molecule has 0 amide bonds. The second kappa shape index (κ2) is 5.10. The quantitative estimate of drug-likeness (QED) is 0.740. The first kappa shape index (κ1) is 10.4. The maximum atomic E-state index is 5.75. The second-order valence-electron chi connectivity index (χ2n) is 3.84. The molecule has 0 radical (unpaired) electrons. The molecule has 0 bridgehead atoms. The number of halogens is 1. The molecular weight excluding hydrogens is 216 g/mol. The molecule has 0 saturated carbocycles. The molecule has 1 saturated heterocycles. The van der Waals surface area contributed by atoms with Gasteiger partial charge in [0.15, 0.2) is 0 Å². The fourth-order valence-electron chi connectivity index (χ4n) is 1.99. The van der Waals surface area contributed by atoms with Crippen molar-refractivity contribution in [2.45, 2.75) is 19.4 Å². The van der Waals surface area contributed by atoms with Gasteiger partial charge in [0.1, 0.15) is 0 Å². The van der Waals surface area contributed by atoms with Crippen LogP contribution in [0.2, 0.25) is 0 Å². The molecule has 78 valence electrons. The van der Waals surface area contributed by atoms with E-state index in [9.17, 15) is 0 Å². The van der Waals surface area contributed by atoms with Crippen LogP contribution in [0.5, 0.6) is 0 Å². The van der Waals surface area contributed by atoms with Gasteiger partial charge < -0.3 is 0 Å². The Hall–Kier alpha value is -0.120. The van der Waals surface area contributed by atoms with Gasteiger partial charge in [-0.25, -0.2) is 0 Å². The Kier molecular flexibility index (Phi) is 3.79. The van der Waals surface area contributed by atoms with Gasteiger partial charge in [0.2, 0.25) is 0 Å². The molecule has 4 heteroatoms. The Bertz CT molecular complexity index is 263. The number of aromatic nitrogens is 1. The Morgan fingerprint density at radius 3 is 3.29 bits per heavy atom. The first-order valence-corrected chi connectivity index (χ1v) is 6.45. The van der Waals surface area contributed by atoms with Crippen LogP contribution in [0, 0.1) is 5.92 Å². The maximum absolute atomic E-state index is 5.75. The van der Waals surface area contributed by atoms with Crippen LogP contribution in [0.3, 0.4) is 0 Å². The fraction of sp³-hybridized carbons (Fsp3) is 0.700. The van der Waals surface area contributed by atoms with Crippen molar-refractivity contribution in [3.63, 3.8) is 0 Å². The van der Waals surface area contributed by atoms with E-state index in [4.69, 9.17) is 11.6 Å². The van der Waals surface area contributed by atoms with Gasteiger partial charge in [0.05, 0.1) is 5.51 Å². The van der Waals surface area contributed by atoms with E-state index in [2.05, 4.69) is 9.88 Å². The number of rotatable bonds is 4. The third kappa shape index (κ3) is 2.69. The van der Waals surface area contributed by atoms with E-state index in [0.717, 1.165) is 18.3 Å². The summed E-state index contributed by atoms with van der Waals surface area (Å²) in [5, 5.41) is 0. The van der Waals surface area contributed by atoms with E-state index >= 15 is 0 Å². The lowest BCUT2D eigenvalue weighted by molar-refractivity contribution is 0.318. The van der Waals surface area contributed by atoms with Gasteiger partial charge in [-0.05, 0) is 25.3 Å². The Labute approximate surface area is 93.9 Å². The molecule has 1 unspecified atom stereocenters. The van der Waals surface area contributed by atoms with E-state index in [-0.39, 0.29) is 0 Å². The minimum Gasteiger partial charge on any atom is -0.298 e. The van der Waals surface area contributed by atoms with Gasteiger partial charge >= 0.3 is 0 Å². The molecule has 0 aromatic carbocycles. The predicted molar refractivity (Wildman–Crippen MR) is 60.8 cm³/mol. The van der Waals surface area contributed by atoms with Crippen LogP contribution in [0.1, 0.15) is 17.7 Å². The number of likely N-dealkylation sites (tertiary alicyclic amines) is 1. The van der Waals surface area contributed by atoms with Gasteiger partial charge in [-0.2, -0.15) is 0 Å². The lowest BCUT2D eigenvalue weighted by Crippen LogP contribution is -2.19. The van der Waals surface area contributed by atoms with Crippen LogP contribution in [0.15, 0.2) is 11.7 Å². The van der Waals surface area contributed by atoms with E-state index in [0.29, 0.717) is 0 Å². The van der Waals surface area contributed by atoms with Crippen LogP contribution >= 0.6 is 22.9 Å². The second-order valence-corrected chi connectivity index (χ2v) is 5.18. The van der Waals surface area contributed by atoms with Crippen LogP contribution in [0.25, 0.3) is 0 Å². The highest BCUT2D eigenvalue weighted by Gasteiger charge is 2.21. The maximum Gasteiger partial charge on any atom is 0.0794 e. The molecule has 1 atom stereocenters. The zero-order valence-corrected chi connectivity index (χ0v) is 9.73. The Morgan fingerprint density at radius 1 is 1.64 bits per heavy atom. The molecule has 0 spiro atoms. The van der Waals surface area contributed by atoms with Crippen molar-refractivity contribution < 1.29 is 0 Å². The molecule has 2 rings (SSSR count). The highest BCUT2D eigenvalue weighted by Crippen LogP contribution is 2.22. The molecule has 0 N–H and O–H groups in total. The molecule has 0 aliphatic carbocycles. The summed E-state index contributed by atoms with van der Waals surface area (Å²) in [5.41, 5.74) is 1.90. The highest BCUT2D eigenvalue weighted by molar-refractivity contribution is 7.09. The molecular formula is C10H15ClN2S. The summed E-state index contributed by atoms with van der Waals surface area (Å²) < 4.78 is 0. The van der Waals surface area contributed by atoms with Gasteiger partial charge in [-0.1, -0.05) is 0 Å². The number of nitrogens with zero attached hydrogens (tertiary/aromatic N) is 2. The Balaban J connectivity index is 1.79. The van der Waals surface area contributed by atoms with E-state index < -0.39 is 0 Å². The summed E-state index contributed by atoms with van der Waals surface area (Å²) in [4.78, 5) is 7.97. The van der Waals surface area contributed by atoms with Crippen molar-refractivity contribution in [3.8, 4) is 0 Å². The van der Waals surface area contributed by atoms with Gasteiger partial charge in [-0.3, -0.25) is 9.88 Å². The predicted octanol–water partition coefficient (Wildman–Crippen LogP) is 2.59. The molecule has 1 aliphatic rings. The summed E-state index contributed by atoms with van der Waals surface area (Å²) in [7, 11) is 0. The molecule has 1 aliphatic heterocycles. The average molecular weight is 231 g/mol. The van der Waals surface area contributed by atoms with Crippen molar-refractivity contribution in [2.75, 3.05) is 19.0 Å². The van der Waals surface area contributed by atoms with E-state index in [1.54, 1.807) is 11.3 Å². The van der Waals surface area contributed by atoms with Crippen molar-refractivity contribution in [1.82, 2.24) is 9.88 Å². The third-order valence-corrected chi connectivity index (χ3v) is 3.73. The highest BCUT2D eigenvalue weighted by atomic mass is 35.5. The summed E-state index contributed by atoms with van der Waals surface area (Å²) in [6.45, 7) is 3.51. The largest absolute Gasteiger partial charge is 0.298 e. The van der Waals surface area contributed by atoms with E-state index in [1.165, 1.54) is 30.8 Å². The standard InChI is InChI=1S/C10H15ClN2S/c11-3-1-9-2-4-13(6-9)7-10-5-12-8-14-10/h5,8-9H,1-4,6-7H2. The zero-order chi connectivity index (χ0) is 9.80. The average Bonchev–Trinajstić information content (AvgIpc) is 2.79. The van der Waals surface area contributed by atoms with Crippen molar-refractivity contribution in [3.05, 3.63) is 16.6 Å². The zero-order valence-electron chi connectivity index (χ0n) is 8.16. The minimum atomic E-state index is 0.805. The van der Waals surface area contributed by atoms with Gasteiger partial charge in [0.25, 0.3) is 0 Å². The normalized spacial score (nSPS) is 23.1. The fourth-order valence-corrected chi connectivity index (χ4v) is 2.93. The van der Waals surface area contributed by atoms with Crippen LogP contribution in [-0.4, -0.2) is 28.9 Å². The third-order valence-electron chi connectivity index (χ3n) is 2.75. The van der Waals surface area contributed by atoms with Gasteiger partial charge in [-0.15, -0.1) is 22.9 Å². The van der Waals surface area contributed by atoms with Crippen molar-refractivity contribution >= 4 is 22.9 Å².